The Hall–Kier alpha value is -3.46. The third-order valence-electron chi connectivity index (χ3n) is 7.27. The second-order valence-electron chi connectivity index (χ2n) is 9.66. The molecule has 0 saturated carbocycles. The van der Waals surface area contributed by atoms with Crippen LogP contribution >= 0.6 is 0 Å². The van der Waals surface area contributed by atoms with Crippen molar-refractivity contribution in [2.45, 2.75) is 39.3 Å². The van der Waals surface area contributed by atoms with Crippen LogP contribution in [-0.4, -0.2) is 83.0 Å². The second kappa shape index (κ2) is 10.7. The van der Waals surface area contributed by atoms with Gasteiger partial charge in [-0.3, -0.25) is 9.48 Å². The molecule has 5 rings (SSSR count). The maximum absolute atomic E-state index is 12.9. The Morgan fingerprint density at radius 3 is 2.31 bits per heavy atom. The van der Waals surface area contributed by atoms with Gasteiger partial charge in [0.1, 0.15) is 6.54 Å². The highest BCUT2D eigenvalue weighted by Crippen LogP contribution is 2.31. The number of nitrogens with zero attached hydrogens (tertiary/aromatic N) is 7. The number of hydrogen-bond donors (Lipinski definition) is 0. The van der Waals surface area contributed by atoms with Crippen molar-refractivity contribution in [1.82, 2.24) is 24.6 Å². The zero-order valence-electron chi connectivity index (χ0n) is 21.4. The highest BCUT2D eigenvalue weighted by molar-refractivity contribution is 5.79. The number of piperazine rings is 1. The summed E-state index contributed by atoms with van der Waals surface area (Å²) in [6.45, 7) is 9.02. The molecule has 0 radical (unpaired) electrons. The molecule has 9 heteroatoms. The number of para-hydroxylation sites is 1. The first-order valence-electron chi connectivity index (χ1n) is 12.7. The van der Waals surface area contributed by atoms with Crippen LogP contribution in [-0.2, 0) is 16.1 Å². The van der Waals surface area contributed by atoms with Crippen molar-refractivity contribution in [3.8, 4) is 11.1 Å². The van der Waals surface area contributed by atoms with Gasteiger partial charge in [0.15, 0.2) is 0 Å². The Kier molecular flexibility index (Phi) is 7.18. The zero-order chi connectivity index (χ0) is 25.1. The molecule has 3 aromatic rings. The largest absolute Gasteiger partial charge is 0.381 e. The molecular formula is C27H35N7O2. The number of carbonyl (C=O) groups is 1. The van der Waals surface area contributed by atoms with Gasteiger partial charge in [-0.25, -0.2) is 9.97 Å². The summed E-state index contributed by atoms with van der Waals surface area (Å²) in [5.41, 5.74) is 5.23. The molecule has 0 bridgehead atoms. The van der Waals surface area contributed by atoms with Gasteiger partial charge < -0.3 is 19.4 Å². The SMILES string of the molecule is COC1CCN(c2ncc(-c3ccccc3N3CCN(C(=O)Cn4nc(C)cc4C)CC3)cn2)CC1. The van der Waals surface area contributed by atoms with Crippen molar-refractivity contribution in [2.24, 2.45) is 0 Å². The topological polar surface area (TPSA) is 79.6 Å². The number of anilines is 2. The van der Waals surface area contributed by atoms with E-state index in [-0.39, 0.29) is 5.91 Å². The lowest BCUT2D eigenvalue weighted by Crippen LogP contribution is -2.49. The first-order valence-corrected chi connectivity index (χ1v) is 12.7. The van der Waals surface area contributed by atoms with Gasteiger partial charge in [0.2, 0.25) is 11.9 Å². The van der Waals surface area contributed by atoms with Crippen LogP contribution in [0, 0.1) is 13.8 Å². The van der Waals surface area contributed by atoms with Crippen molar-refractivity contribution in [1.29, 1.82) is 0 Å². The zero-order valence-corrected chi connectivity index (χ0v) is 21.4. The summed E-state index contributed by atoms with van der Waals surface area (Å²) in [5, 5.41) is 4.43. The summed E-state index contributed by atoms with van der Waals surface area (Å²) in [6, 6.07) is 10.4. The van der Waals surface area contributed by atoms with E-state index in [1.54, 1.807) is 11.8 Å². The van der Waals surface area contributed by atoms with Gasteiger partial charge in [0, 0.05) is 81.3 Å². The van der Waals surface area contributed by atoms with E-state index < -0.39 is 0 Å². The van der Waals surface area contributed by atoms with Crippen molar-refractivity contribution in [3.05, 3.63) is 54.1 Å². The smallest absolute Gasteiger partial charge is 0.244 e. The summed E-state index contributed by atoms with van der Waals surface area (Å²) in [5.74, 6) is 0.896. The Balaban J connectivity index is 1.23. The molecule has 2 aromatic heterocycles. The molecule has 2 aliphatic heterocycles. The molecule has 0 N–H and O–H groups in total. The average Bonchev–Trinajstić information content (AvgIpc) is 3.24. The molecule has 2 fully saturated rings. The minimum atomic E-state index is 0.118. The van der Waals surface area contributed by atoms with E-state index in [0.29, 0.717) is 25.7 Å². The summed E-state index contributed by atoms with van der Waals surface area (Å²) in [4.78, 5) is 28.8. The number of piperidine rings is 1. The lowest BCUT2D eigenvalue weighted by atomic mass is 10.1. The van der Waals surface area contributed by atoms with Crippen molar-refractivity contribution in [3.63, 3.8) is 0 Å². The molecule has 190 valence electrons. The minimum Gasteiger partial charge on any atom is -0.381 e. The average molecular weight is 490 g/mol. The standard InChI is InChI=1S/C27H35N7O2/c1-20-16-21(2)34(30-20)19-26(35)32-14-12-31(13-15-32)25-7-5-4-6-24(25)22-17-28-27(29-18-22)33-10-8-23(36-3)9-11-33/h4-7,16-18,23H,8-15,19H2,1-3H3. The predicted octanol–water partition coefficient (Wildman–Crippen LogP) is 2.92. The maximum atomic E-state index is 12.9. The molecule has 0 atom stereocenters. The van der Waals surface area contributed by atoms with E-state index in [9.17, 15) is 4.79 Å². The number of ether oxygens (including phenoxy) is 1. The maximum Gasteiger partial charge on any atom is 0.244 e. The summed E-state index contributed by atoms with van der Waals surface area (Å²) in [7, 11) is 1.78. The van der Waals surface area contributed by atoms with Crippen LogP contribution in [0.3, 0.4) is 0 Å². The Bertz CT molecular complexity index is 1180. The summed E-state index contributed by atoms with van der Waals surface area (Å²) < 4.78 is 7.27. The molecule has 36 heavy (non-hydrogen) atoms. The van der Waals surface area contributed by atoms with E-state index in [1.807, 2.05) is 37.2 Å². The van der Waals surface area contributed by atoms with Crippen molar-refractivity contribution in [2.75, 3.05) is 56.2 Å². The third kappa shape index (κ3) is 5.21. The number of methoxy groups -OCH3 is 1. The number of aryl methyl sites for hydroxylation is 2. The first kappa shape index (κ1) is 24.2. The molecule has 4 heterocycles. The van der Waals surface area contributed by atoms with E-state index in [4.69, 9.17) is 14.7 Å². The molecule has 1 amide bonds. The minimum absolute atomic E-state index is 0.118. The van der Waals surface area contributed by atoms with E-state index in [2.05, 4.69) is 39.2 Å². The quantitative estimate of drug-likeness (QED) is 0.527. The monoisotopic (exact) mass is 489 g/mol. The van der Waals surface area contributed by atoms with Crippen LogP contribution in [0.15, 0.2) is 42.7 Å². The Morgan fingerprint density at radius 2 is 1.67 bits per heavy atom. The fourth-order valence-corrected chi connectivity index (χ4v) is 5.17. The first-order chi connectivity index (χ1) is 17.5. The summed E-state index contributed by atoms with van der Waals surface area (Å²) >= 11 is 0. The molecule has 9 nitrogen and oxygen atoms in total. The van der Waals surface area contributed by atoms with Crippen molar-refractivity contribution >= 4 is 17.5 Å². The molecular weight excluding hydrogens is 454 g/mol. The van der Waals surface area contributed by atoms with Gasteiger partial charge in [0.25, 0.3) is 0 Å². The number of hydrogen-bond acceptors (Lipinski definition) is 7. The van der Waals surface area contributed by atoms with E-state index in [1.165, 1.54) is 0 Å². The van der Waals surface area contributed by atoms with Gasteiger partial charge in [0.05, 0.1) is 11.8 Å². The number of amides is 1. The lowest BCUT2D eigenvalue weighted by Gasteiger charge is -2.37. The van der Waals surface area contributed by atoms with Gasteiger partial charge in [-0.2, -0.15) is 5.10 Å². The molecule has 2 saturated heterocycles. The van der Waals surface area contributed by atoms with E-state index in [0.717, 1.165) is 73.2 Å². The third-order valence-corrected chi connectivity index (χ3v) is 7.27. The Labute approximate surface area is 212 Å². The van der Waals surface area contributed by atoms with Crippen LogP contribution in [0.25, 0.3) is 11.1 Å². The normalized spacial score (nSPS) is 17.0. The molecule has 0 unspecified atom stereocenters. The van der Waals surface area contributed by atoms with E-state index >= 15 is 0 Å². The second-order valence-corrected chi connectivity index (χ2v) is 9.66. The van der Waals surface area contributed by atoms with Crippen molar-refractivity contribution < 1.29 is 9.53 Å². The van der Waals surface area contributed by atoms with Gasteiger partial charge in [-0.05, 0) is 38.8 Å². The molecule has 1 aromatic carbocycles. The number of carbonyl (C=O) groups excluding carboxylic acids is 1. The fourth-order valence-electron chi connectivity index (χ4n) is 5.17. The highest BCUT2D eigenvalue weighted by atomic mass is 16.5. The predicted molar refractivity (Wildman–Crippen MR) is 140 cm³/mol. The highest BCUT2D eigenvalue weighted by Gasteiger charge is 2.24. The molecule has 0 aliphatic carbocycles. The number of aromatic nitrogens is 4. The van der Waals surface area contributed by atoms with Gasteiger partial charge >= 0.3 is 0 Å². The van der Waals surface area contributed by atoms with Gasteiger partial charge in [-0.15, -0.1) is 0 Å². The lowest BCUT2D eigenvalue weighted by molar-refractivity contribution is -0.132. The Morgan fingerprint density at radius 1 is 0.972 bits per heavy atom. The molecule has 0 spiro atoms. The fraction of sp³-hybridized carbons (Fsp3) is 0.481. The summed E-state index contributed by atoms with van der Waals surface area (Å²) in [6.07, 6.45) is 6.19. The van der Waals surface area contributed by atoms with Crippen LogP contribution in [0.4, 0.5) is 11.6 Å². The van der Waals surface area contributed by atoms with Crippen LogP contribution in [0.2, 0.25) is 0 Å². The van der Waals surface area contributed by atoms with Crippen LogP contribution in [0.5, 0.6) is 0 Å². The molecule has 2 aliphatic rings. The van der Waals surface area contributed by atoms with Gasteiger partial charge in [-0.1, -0.05) is 18.2 Å². The number of benzene rings is 1. The number of rotatable bonds is 6. The van der Waals surface area contributed by atoms with Crippen LogP contribution < -0.4 is 9.80 Å². The van der Waals surface area contributed by atoms with Crippen LogP contribution in [0.1, 0.15) is 24.2 Å².